The Labute approximate surface area is 198 Å². The topological polar surface area (TPSA) is 114 Å². The molecule has 1 aliphatic rings. The number of halogens is 1. The molecule has 0 radical (unpaired) electrons. The van der Waals surface area contributed by atoms with Gasteiger partial charge in [0.1, 0.15) is 21.6 Å². The minimum Gasteiger partial charge on any atom is -0.502 e. The quantitative estimate of drug-likeness (QED) is 0.524. The second-order valence-corrected chi connectivity index (χ2v) is 10.5. The van der Waals surface area contributed by atoms with E-state index < -0.39 is 44.2 Å². The predicted octanol–water partition coefficient (Wildman–Crippen LogP) is 4.02. The first-order valence-electron chi connectivity index (χ1n) is 9.96. The first-order chi connectivity index (χ1) is 16.1. The Hall–Kier alpha value is -3.57. The fourth-order valence-corrected chi connectivity index (χ4v) is 6.25. The summed E-state index contributed by atoms with van der Waals surface area (Å²) >= 11 is 0.820. The molecular weight excluding hydrogens is 483 g/mol. The Morgan fingerprint density at radius 2 is 1.74 bits per heavy atom. The highest BCUT2D eigenvalue weighted by Gasteiger charge is 2.49. The molecule has 0 aliphatic carbocycles. The van der Waals surface area contributed by atoms with Crippen molar-refractivity contribution in [2.75, 3.05) is 12.0 Å². The third-order valence-corrected chi connectivity index (χ3v) is 8.36. The van der Waals surface area contributed by atoms with E-state index >= 15 is 0 Å². The Morgan fingerprint density at radius 1 is 1.12 bits per heavy atom. The van der Waals surface area contributed by atoms with Crippen LogP contribution in [0, 0.1) is 19.7 Å². The number of aryl methyl sites for hydroxylation is 2. The van der Waals surface area contributed by atoms with Gasteiger partial charge in [-0.1, -0.05) is 41.2 Å². The van der Waals surface area contributed by atoms with Gasteiger partial charge in [-0.2, -0.15) is 0 Å². The van der Waals surface area contributed by atoms with Gasteiger partial charge in [0.25, 0.3) is 5.91 Å². The van der Waals surface area contributed by atoms with E-state index in [0.29, 0.717) is 0 Å². The highest BCUT2D eigenvalue weighted by atomic mass is 32.2. The maximum absolute atomic E-state index is 13.6. The molecule has 3 aromatic rings. The largest absolute Gasteiger partial charge is 0.502 e. The summed E-state index contributed by atoms with van der Waals surface area (Å²) in [5, 5.41) is 10.8. The molecule has 34 heavy (non-hydrogen) atoms. The third-order valence-electron chi connectivity index (χ3n) is 5.33. The van der Waals surface area contributed by atoms with Crippen LogP contribution >= 0.6 is 11.3 Å². The van der Waals surface area contributed by atoms with Crippen LogP contribution in [0.25, 0.3) is 0 Å². The van der Waals surface area contributed by atoms with Crippen LogP contribution in [-0.2, 0) is 19.4 Å². The number of benzene rings is 2. The van der Waals surface area contributed by atoms with Crippen LogP contribution < -0.4 is 4.90 Å². The molecule has 11 heteroatoms. The van der Waals surface area contributed by atoms with Gasteiger partial charge in [0.05, 0.1) is 17.7 Å². The number of ether oxygens (including phenoxy) is 1. The SMILES string of the molecule is COC(=O)c1sc(N2C(=O)C(O)=C(S(=O)(=O)c3ccc(C)cc3)[C@@H]2c2ccc(F)cc2)nc1C. The van der Waals surface area contributed by atoms with Crippen molar-refractivity contribution in [3.8, 4) is 0 Å². The van der Waals surface area contributed by atoms with Gasteiger partial charge in [-0.15, -0.1) is 0 Å². The van der Waals surface area contributed by atoms with Crippen molar-refractivity contribution in [1.82, 2.24) is 4.98 Å². The van der Waals surface area contributed by atoms with Crippen molar-refractivity contribution in [3.63, 3.8) is 0 Å². The van der Waals surface area contributed by atoms with Crippen molar-refractivity contribution in [2.45, 2.75) is 24.8 Å². The van der Waals surface area contributed by atoms with Gasteiger partial charge in [0, 0.05) is 0 Å². The minimum atomic E-state index is -4.35. The van der Waals surface area contributed by atoms with Gasteiger partial charge in [-0.25, -0.2) is 22.6 Å². The van der Waals surface area contributed by atoms with E-state index in [1.165, 1.54) is 38.3 Å². The average Bonchev–Trinajstić information content (AvgIpc) is 3.31. The smallest absolute Gasteiger partial charge is 0.350 e. The van der Waals surface area contributed by atoms with Crippen LogP contribution in [0.2, 0.25) is 0 Å². The summed E-state index contributed by atoms with van der Waals surface area (Å²) in [6.07, 6.45) is 0. The molecule has 1 atom stereocenters. The number of aliphatic hydroxyl groups is 1. The van der Waals surface area contributed by atoms with Crippen molar-refractivity contribution in [3.05, 3.63) is 86.7 Å². The second-order valence-electron chi connectivity index (χ2n) is 7.56. The molecule has 0 saturated heterocycles. The van der Waals surface area contributed by atoms with Gasteiger partial charge in [-0.3, -0.25) is 9.69 Å². The molecule has 1 aromatic heterocycles. The number of rotatable bonds is 5. The highest BCUT2D eigenvalue weighted by Crippen LogP contribution is 2.46. The number of hydrogen-bond donors (Lipinski definition) is 1. The van der Waals surface area contributed by atoms with E-state index in [1.807, 2.05) is 0 Å². The zero-order chi connectivity index (χ0) is 24.8. The lowest BCUT2D eigenvalue weighted by Gasteiger charge is -2.24. The number of anilines is 1. The third kappa shape index (κ3) is 3.86. The fourth-order valence-electron chi connectivity index (χ4n) is 3.61. The number of carbonyl (C=O) groups is 2. The Balaban J connectivity index is 1.93. The lowest BCUT2D eigenvalue weighted by atomic mass is 10.1. The van der Waals surface area contributed by atoms with Crippen LogP contribution in [0.15, 0.2) is 64.1 Å². The summed E-state index contributed by atoms with van der Waals surface area (Å²) in [6.45, 7) is 3.33. The number of amides is 1. The van der Waals surface area contributed by atoms with E-state index in [-0.39, 0.29) is 26.2 Å². The second kappa shape index (κ2) is 8.65. The summed E-state index contributed by atoms with van der Waals surface area (Å²) in [5.41, 5.74) is 1.33. The van der Waals surface area contributed by atoms with Crippen molar-refractivity contribution < 1.29 is 32.2 Å². The molecule has 2 heterocycles. The van der Waals surface area contributed by atoms with E-state index in [1.54, 1.807) is 19.1 Å². The van der Waals surface area contributed by atoms with Crippen molar-refractivity contribution >= 4 is 38.2 Å². The maximum Gasteiger partial charge on any atom is 0.350 e. The molecule has 1 N–H and O–H groups in total. The zero-order valence-corrected chi connectivity index (χ0v) is 19.9. The van der Waals surface area contributed by atoms with E-state index in [0.717, 1.165) is 33.9 Å². The number of esters is 1. The van der Waals surface area contributed by atoms with Gasteiger partial charge in [-0.05, 0) is 43.7 Å². The molecular formula is C23H19FN2O6S2. The van der Waals surface area contributed by atoms with Gasteiger partial charge in [0.15, 0.2) is 10.9 Å². The lowest BCUT2D eigenvalue weighted by Crippen LogP contribution is -2.31. The summed E-state index contributed by atoms with van der Waals surface area (Å²) < 4.78 is 45.6. The van der Waals surface area contributed by atoms with Crippen LogP contribution in [0.5, 0.6) is 0 Å². The number of aliphatic hydroxyl groups excluding tert-OH is 1. The number of carbonyl (C=O) groups excluding carboxylic acids is 2. The van der Waals surface area contributed by atoms with Crippen LogP contribution in [0.4, 0.5) is 9.52 Å². The summed E-state index contributed by atoms with van der Waals surface area (Å²) in [7, 11) is -3.15. The molecule has 0 fully saturated rings. The monoisotopic (exact) mass is 502 g/mol. The van der Waals surface area contributed by atoms with Gasteiger partial charge < -0.3 is 9.84 Å². The summed E-state index contributed by atoms with van der Waals surface area (Å²) in [6, 6.07) is 9.50. The zero-order valence-electron chi connectivity index (χ0n) is 18.3. The number of nitrogens with zero attached hydrogens (tertiary/aromatic N) is 2. The van der Waals surface area contributed by atoms with Gasteiger partial charge in [0.2, 0.25) is 9.84 Å². The molecule has 0 spiro atoms. The van der Waals surface area contributed by atoms with Gasteiger partial charge >= 0.3 is 5.97 Å². The lowest BCUT2D eigenvalue weighted by molar-refractivity contribution is -0.117. The molecule has 0 bridgehead atoms. The standard InChI is InChI=1S/C23H19FN2O6S2/c1-12-4-10-16(11-5-12)34(30,31)20-17(14-6-8-15(24)9-7-14)26(21(28)18(20)27)23-25-13(2)19(33-23)22(29)32-3/h4-11,17,27H,1-3H3/t17-/m0/s1. The number of aromatic nitrogens is 1. The normalized spacial score (nSPS) is 16.3. The number of hydrogen-bond acceptors (Lipinski definition) is 8. The van der Waals surface area contributed by atoms with E-state index in [9.17, 15) is 27.5 Å². The highest BCUT2D eigenvalue weighted by molar-refractivity contribution is 7.95. The van der Waals surface area contributed by atoms with Crippen LogP contribution in [-0.4, -0.2) is 37.5 Å². The summed E-state index contributed by atoms with van der Waals surface area (Å²) in [4.78, 5) is 30.0. The molecule has 4 rings (SSSR count). The Morgan fingerprint density at radius 3 is 2.32 bits per heavy atom. The molecule has 0 unspecified atom stereocenters. The van der Waals surface area contributed by atoms with E-state index in [2.05, 4.69) is 4.98 Å². The van der Waals surface area contributed by atoms with E-state index in [4.69, 9.17) is 4.74 Å². The van der Waals surface area contributed by atoms with Crippen LogP contribution in [0.1, 0.15) is 32.5 Å². The molecule has 8 nitrogen and oxygen atoms in total. The minimum absolute atomic E-state index is 0.0159. The number of thiazole rings is 1. The maximum atomic E-state index is 13.6. The van der Waals surface area contributed by atoms with Crippen molar-refractivity contribution in [1.29, 1.82) is 0 Å². The molecule has 0 saturated carbocycles. The molecule has 1 amide bonds. The Kier molecular flexibility index (Phi) is 6.00. The van der Waals surface area contributed by atoms with Crippen molar-refractivity contribution in [2.24, 2.45) is 0 Å². The average molecular weight is 503 g/mol. The summed E-state index contributed by atoms with van der Waals surface area (Å²) in [5.74, 6) is -3.21. The van der Waals surface area contributed by atoms with Crippen LogP contribution in [0.3, 0.4) is 0 Å². The first kappa shape index (κ1) is 23.6. The first-order valence-corrected chi connectivity index (χ1v) is 12.3. The Bertz CT molecular complexity index is 1430. The fraction of sp³-hybridized carbons (Fsp3) is 0.174. The number of methoxy groups -OCH3 is 1. The molecule has 2 aromatic carbocycles. The molecule has 1 aliphatic heterocycles. The number of sulfone groups is 1. The predicted molar refractivity (Wildman–Crippen MR) is 123 cm³/mol. The molecule has 176 valence electrons.